The summed E-state index contributed by atoms with van der Waals surface area (Å²) < 4.78 is 0. The molecule has 96 valence electrons. The zero-order valence-corrected chi connectivity index (χ0v) is 11.0. The van der Waals surface area contributed by atoms with E-state index in [1.807, 2.05) is 24.5 Å². The summed E-state index contributed by atoms with van der Waals surface area (Å²) in [5, 5.41) is 4.55. The topological polar surface area (TPSA) is 40.7 Å². The monoisotopic (exact) mass is 251 g/mol. The Morgan fingerprint density at radius 2 is 1.95 bits per heavy atom. The first-order valence-corrected chi connectivity index (χ1v) is 6.65. The van der Waals surface area contributed by atoms with Crippen LogP contribution >= 0.6 is 0 Å². The highest BCUT2D eigenvalue weighted by molar-refractivity contribution is 5.91. The molecule has 2 aromatic heterocycles. The number of rotatable bonds is 4. The van der Waals surface area contributed by atoms with E-state index in [0.717, 1.165) is 28.8 Å². The summed E-state index contributed by atoms with van der Waals surface area (Å²) in [6.07, 6.45) is 6.04. The normalized spacial score (nSPS) is 10.8. The van der Waals surface area contributed by atoms with Gasteiger partial charge < -0.3 is 10.3 Å². The van der Waals surface area contributed by atoms with Crippen molar-refractivity contribution < 1.29 is 0 Å². The van der Waals surface area contributed by atoms with Crippen molar-refractivity contribution >= 4 is 22.4 Å². The first-order chi connectivity index (χ1) is 9.36. The van der Waals surface area contributed by atoms with Crippen molar-refractivity contribution in [3.63, 3.8) is 0 Å². The van der Waals surface area contributed by atoms with Gasteiger partial charge in [-0.25, -0.2) is 4.98 Å². The Bertz CT molecular complexity index is 668. The van der Waals surface area contributed by atoms with E-state index in [4.69, 9.17) is 0 Å². The minimum atomic E-state index is 0.910. The molecule has 3 heteroatoms. The molecular weight excluding hydrogens is 234 g/mol. The fourth-order valence-electron chi connectivity index (χ4n) is 2.27. The number of hydrogen-bond donors (Lipinski definition) is 2. The second-order valence-electron chi connectivity index (χ2n) is 4.67. The van der Waals surface area contributed by atoms with Crippen molar-refractivity contribution in [3.05, 3.63) is 54.4 Å². The highest BCUT2D eigenvalue weighted by Gasteiger charge is 2.02. The lowest BCUT2D eigenvalue weighted by Gasteiger charge is -2.08. The molecule has 1 aromatic carbocycles. The van der Waals surface area contributed by atoms with Crippen LogP contribution in [0.5, 0.6) is 0 Å². The van der Waals surface area contributed by atoms with Gasteiger partial charge in [0.15, 0.2) is 0 Å². The number of hydrogen-bond acceptors (Lipinski definition) is 2. The number of fused-ring (bicyclic) bond motifs is 1. The average molecular weight is 251 g/mol. The maximum atomic E-state index is 4.29. The van der Waals surface area contributed by atoms with Gasteiger partial charge in [-0.2, -0.15) is 0 Å². The minimum absolute atomic E-state index is 0.910. The van der Waals surface area contributed by atoms with Gasteiger partial charge in [-0.05, 0) is 36.2 Å². The summed E-state index contributed by atoms with van der Waals surface area (Å²) in [7, 11) is 0. The van der Waals surface area contributed by atoms with Gasteiger partial charge >= 0.3 is 0 Å². The molecule has 0 aliphatic rings. The molecule has 0 bridgehead atoms. The van der Waals surface area contributed by atoms with Gasteiger partial charge in [0.05, 0.1) is 5.69 Å². The van der Waals surface area contributed by atoms with Gasteiger partial charge in [0, 0.05) is 23.5 Å². The van der Waals surface area contributed by atoms with Crippen LogP contribution < -0.4 is 5.32 Å². The summed E-state index contributed by atoms with van der Waals surface area (Å²) in [6, 6.07) is 12.7. The SMILES string of the molecule is CCCc1ccc(Nc2ccnc3[nH]ccc23)cc1. The summed E-state index contributed by atoms with van der Waals surface area (Å²) in [4.78, 5) is 7.41. The second-order valence-corrected chi connectivity index (χ2v) is 4.67. The third-order valence-electron chi connectivity index (χ3n) is 3.23. The number of pyridine rings is 1. The molecule has 19 heavy (non-hydrogen) atoms. The number of nitrogens with one attached hydrogen (secondary N) is 2. The summed E-state index contributed by atoms with van der Waals surface area (Å²) in [5.74, 6) is 0. The molecule has 0 unspecified atom stereocenters. The van der Waals surface area contributed by atoms with Crippen molar-refractivity contribution in [2.24, 2.45) is 0 Å². The van der Waals surface area contributed by atoms with Gasteiger partial charge in [0.1, 0.15) is 5.65 Å². The van der Waals surface area contributed by atoms with E-state index in [0.29, 0.717) is 0 Å². The summed E-state index contributed by atoms with van der Waals surface area (Å²) in [6.45, 7) is 2.20. The highest BCUT2D eigenvalue weighted by Crippen LogP contribution is 2.24. The van der Waals surface area contributed by atoms with Crippen LogP contribution in [-0.4, -0.2) is 9.97 Å². The molecule has 2 heterocycles. The van der Waals surface area contributed by atoms with Crippen LogP contribution in [0, 0.1) is 0 Å². The van der Waals surface area contributed by atoms with Crippen molar-refractivity contribution in [1.82, 2.24) is 9.97 Å². The molecule has 0 amide bonds. The average Bonchev–Trinajstić information content (AvgIpc) is 2.91. The van der Waals surface area contributed by atoms with Gasteiger partial charge in [0.2, 0.25) is 0 Å². The standard InChI is InChI=1S/C16H17N3/c1-2-3-12-4-6-13(7-5-12)19-15-9-11-18-16-14(15)8-10-17-16/h4-11H,2-3H2,1H3,(H2,17,18,19). The van der Waals surface area contributed by atoms with E-state index in [9.17, 15) is 0 Å². The Kier molecular flexibility index (Phi) is 3.19. The maximum Gasteiger partial charge on any atom is 0.139 e. The van der Waals surface area contributed by atoms with Crippen LogP contribution in [-0.2, 0) is 6.42 Å². The Hall–Kier alpha value is -2.29. The Morgan fingerprint density at radius 3 is 2.74 bits per heavy atom. The van der Waals surface area contributed by atoms with Gasteiger partial charge in [-0.1, -0.05) is 25.5 Å². The first kappa shape index (κ1) is 11.8. The number of aromatic amines is 1. The molecule has 0 aliphatic carbocycles. The fraction of sp³-hybridized carbons (Fsp3) is 0.188. The quantitative estimate of drug-likeness (QED) is 0.727. The molecular formula is C16H17N3. The second kappa shape index (κ2) is 5.14. The lowest BCUT2D eigenvalue weighted by molar-refractivity contribution is 0.922. The molecule has 0 saturated carbocycles. The lowest BCUT2D eigenvalue weighted by atomic mass is 10.1. The molecule has 0 aliphatic heterocycles. The zero-order chi connectivity index (χ0) is 13.1. The van der Waals surface area contributed by atoms with Crippen molar-refractivity contribution in [2.75, 3.05) is 5.32 Å². The highest BCUT2D eigenvalue weighted by atomic mass is 14.9. The lowest BCUT2D eigenvalue weighted by Crippen LogP contribution is -1.92. The number of aromatic nitrogens is 2. The minimum Gasteiger partial charge on any atom is -0.355 e. The molecule has 3 rings (SSSR count). The molecule has 3 nitrogen and oxygen atoms in total. The number of aryl methyl sites for hydroxylation is 1. The summed E-state index contributed by atoms with van der Waals surface area (Å²) >= 11 is 0. The van der Waals surface area contributed by atoms with E-state index in [-0.39, 0.29) is 0 Å². The Balaban J connectivity index is 1.86. The van der Waals surface area contributed by atoms with Crippen LogP contribution in [0.3, 0.4) is 0 Å². The van der Waals surface area contributed by atoms with Crippen LogP contribution in [0.1, 0.15) is 18.9 Å². The number of nitrogens with zero attached hydrogens (tertiary/aromatic N) is 1. The third kappa shape index (κ3) is 2.45. The van der Waals surface area contributed by atoms with E-state index in [1.165, 1.54) is 12.0 Å². The molecule has 0 spiro atoms. The smallest absolute Gasteiger partial charge is 0.139 e. The van der Waals surface area contributed by atoms with E-state index < -0.39 is 0 Å². The van der Waals surface area contributed by atoms with Crippen LogP contribution in [0.2, 0.25) is 0 Å². The van der Waals surface area contributed by atoms with Gasteiger partial charge in [0.25, 0.3) is 0 Å². The number of benzene rings is 1. The van der Waals surface area contributed by atoms with Crippen molar-refractivity contribution in [1.29, 1.82) is 0 Å². The molecule has 0 radical (unpaired) electrons. The maximum absolute atomic E-state index is 4.29. The predicted molar refractivity (Wildman–Crippen MR) is 79.8 cm³/mol. The molecule has 0 atom stereocenters. The molecule has 0 fully saturated rings. The van der Waals surface area contributed by atoms with E-state index in [1.54, 1.807) is 0 Å². The largest absolute Gasteiger partial charge is 0.355 e. The number of anilines is 2. The zero-order valence-electron chi connectivity index (χ0n) is 11.0. The molecule has 3 aromatic rings. The van der Waals surface area contributed by atoms with Crippen molar-refractivity contribution in [2.45, 2.75) is 19.8 Å². The fourth-order valence-corrected chi connectivity index (χ4v) is 2.27. The molecule has 0 saturated heterocycles. The van der Waals surface area contributed by atoms with Gasteiger partial charge in [-0.15, -0.1) is 0 Å². The van der Waals surface area contributed by atoms with Crippen LogP contribution in [0.15, 0.2) is 48.8 Å². The van der Waals surface area contributed by atoms with Crippen LogP contribution in [0.4, 0.5) is 11.4 Å². The predicted octanol–water partition coefficient (Wildman–Crippen LogP) is 4.26. The molecule has 2 N–H and O–H groups in total. The Labute approximate surface area is 112 Å². The van der Waals surface area contributed by atoms with Crippen LogP contribution in [0.25, 0.3) is 11.0 Å². The first-order valence-electron chi connectivity index (χ1n) is 6.65. The van der Waals surface area contributed by atoms with Gasteiger partial charge in [-0.3, -0.25) is 0 Å². The van der Waals surface area contributed by atoms with Crippen molar-refractivity contribution in [3.8, 4) is 0 Å². The summed E-state index contributed by atoms with van der Waals surface area (Å²) in [5.41, 5.74) is 4.48. The number of H-pyrrole nitrogens is 1. The van der Waals surface area contributed by atoms with E-state index in [2.05, 4.69) is 46.5 Å². The Morgan fingerprint density at radius 1 is 1.11 bits per heavy atom. The third-order valence-corrected chi connectivity index (χ3v) is 3.23. The van der Waals surface area contributed by atoms with E-state index >= 15 is 0 Å².